The van der Waals surface area contributed by atoms with Crippen LogP contribution in [0.4, 0.5) is 5.69 Å². The van der Waals surface area contributed by atoms with Gasteiger partial charge in [0.15, 0.2) is 16.7 Å². The molecule has 1 fully saturated rings. The Balaban J connectivity index is 1.93. The second kappa shape index (κ2) is 11.5. The smallest absolute Gasteiger partial charge is 0.269 e. The molecule has 1 aliphatic heterocycles. The molecule has 2 aromatic rings. The zero-order chi connectivity index (χ0) is 24.7. The Morgan fingerprint density at radius 2 is 2.06 bits per heavy atom. The molecular formula is C25H27N3O5S. The molecule has 0 atom stereocenters. The van der Waals surface area contributed by atoms with Crippen LogP contribution >= 0.6 is 11.8 Å². The summed E-state index contributed by atoms with van der Waals surface area (Å²) in [5.41, 5.74) is 2.30. The van der Waals surface area contributed by atoms with Gasteiger partial charge in [0.25, 0.3) is 11.6 Å². The van der Waals surface area contributed by atoms with Crippen LogP contribution in [0.2, 0.25) is 0 Å². The standard InChI is InChI=1S/C25H27N3O5S/c1-5-9-19-12-18(15-22-24(29)27(7-3)25(34-22)26-6-2)14-21(32-4)23(19)33-16-17-10-8-11-20(13-17)28(30)31/h5,8,10-15H,1,6-7,9,16H2,2-4H3/b22-15+,26-25?. The van der Waals surface area contributed by atoms with Crippen molar-refractivity contribution in [3.8, 4) is 11.5 Å². The van der Waals surface area contributed by atoms with Gasteiger partial charge in [-0.05, 0) is 61.4 Å². The molecule has 0 N–H and O–H groups in total. The van der Waals surface area contributed by atoms with E-state index in [1.54, 1.807) is 36.3 Å². The number of allylic oxidation sites excluding steroid dienone is 1. The first kappa shape index (κ1) is 25.0. The molecule has 0 aromatic heterocycles. The molecule has 2 aromatic carbocycles. The second-order valence-corrected chi connectivity index (χ2v) is 8.35. The number of non-ortho nitro benzene ring substituents is 1. The fourth-order valence-electron chi connectivity index (χ4n) is 3.50. The number of hydrogen-bond donors (Lipinski definition) is 0. The Bertz CT molecular complexity index is 1160. The van der Waals surface area contributed by atoms with Crippen LogP contribution in [0.3, 0.4) is 0 Å². The van der Waals surface area contributed by atoms with Gasteiger partial charge in [-0.15, -0.1) is 6.58 Å². The lowest BCUT2D eigenvalue weighted by Gasteiger charge is -2.16. The molecule has 1 amide bonds. The molecule has 0 aliphatic carbocycles. The second-order valence-electron chi connectivity index (χ2n) is 7.34. The third-order valence-electron chi connectivity index (χ3n) is 5.04. The number of amidine groups is 1. The molecule has 34 heavy (non-hydrogen) atoms. The largest absolute Gasteiger partial charge is 0.493 e. The molecule has 1 heterocycles. The predicted octanol–water partition coefficient (Wildman–Crippen LogP) is 5.22. The van der Waals surface area contributed by atoms with E-state index in [9.17, 15) is 14.9 Å². The van der Waals surface area contributed by atoms with Gasteiger partial charge < -0.3 is 9.47 Å². The highest BCUT2D eigenvalue weighted by Crippen LogP contribution is 2.37. The number of amides is 1. The zero-order valence-corrected chi connectivity index (χ0v) is 20.3. The van der Waals surface area contributed by atoms with Crippen LogP contribution in [-0.4, -0.2) is 41.1 Å². The summed E-state index contributed by atoms with van der Waals surface area (Å²) in [6, 6.07) is 10.0. The van der Waals surface area contributed by atoms with Gasteiger partial charge in [0.1, 0.15) is 6.61 Å². The van der Waals surface area contributed by atoms with E-state index >= 15 is 0 Å². The highest BCUT2D eigenvalue weighted by molar-refractivity contribution is 8.18. The van der Waals surface area contributed by atoms with E-state index < -0.39 is 4.92 Å². The fraction of sp³-hybridized carbons (Fsp3) is 0.280. The number of thioether (sulfide) groups is 1. The van der Waals surface area contributed by atoms with E-state index in [2.05, 4.69) is 11.6 Å². The van der Waals surface area contributed by atoms with E-state index in [0.29, 0.717) is 46.6 Å². The van der Waals surface area contributed by atoms with Gasteiger partial charge in [-0.3, -0.25) is 24.8 Å². The van der Waals surface area contributed by atoms with Crippen molar-refractivity contribution in [1.82, 2.24) is 4.90 Å². The monoisotopic (exact) mass is 481 g/mol. The van der Waals surface area contributed by atoms with Gasteiger partial charge in [0.2, 0.25) is 0 Å². The lowest BCUT2D eigenvalue weighted by molar-refractivity contribution is -0.384. The first-order valence-electron chi connectivity index (χ1n) is 10.9. The molecule has 1 aliphatic rings. The number of aliphatic imine (C=N–C) groups is 1. The number of nitrogens with zero attached hydrogens (tertiary/aromatic N) is 3. The molecule has 3 rings (SSSR count). The topological polar surface area (TPSA) is 94.3 Å². The minimum absolute atomic E-state index is 0.00666. The molecule has 0 bridgehead atoms. The van der Waals surface area contributed by atoms with E-state index in [1.165, 1.54) is 23.9 Å². The number of benzene rings is 2. The summed E-state index contributed by atoms with van der Waals surface area (Å²) in [7, 11) is 1.55. The van der Waals surface area contributed by atoms with Crippen molar-refractivity contribution >= 4 is 34.6 Å². The minimum Gasteiger partial charge on any atom is -0.493 e. The number of hydrogen-bond acceptors (Lipinski definition) is 7. The zero-order valence-electron chi connectivity index (χ0n) is 19.4. The highest BCUT2D eigenvalue weighted by Gasteiger charge is 2.32. The number of carbonyl (C=O) groups is 1. The van der Waals surface area contributed by atoms with Crippen LogP contribution in [-0.2, 0) is 17.8 Å². The van der Waals surface area contributed by atoms with Gasteiger partial charge in [-0.1, -0.05) is 18.2 Å². The SMILES string of the molecule is C=CCc1cc(/C=C2/SC(=NCC)N(CC)C2=O)cc(OC)c1OCc1cccc([N+](=O)[O-])c1. The lowest BCUT2D eigenvalue weighted by atomic mass is 10.0. The molecular weight excluding hydrogens is 454 g/mol. The Labute approximate surface area is 203 Å². The van der Waals surface area contributed by atoms with Gasteiger partial charge in [-0.2, -0.15) is 0 Å². The Morgan fingerprint density at radius 1 is 1.26 bits per heavy atom. The maximum absolute atomic E-state index is 12.8. The third-order valence-corrected chi connectivity index (χ3v) is 6.08. The number of likely N-dealkylation sites (N-methyl/N-ethyl adjacent to an activating group) is 1. The lowest BCUT2D eigenvalue weighted by Crippen LogP contribution is -2.28. The fourth-order valence-corrected chi connectivity index (χ4v) is 4.60. The first-order valence-corrected chi connectivity index (χ1v) is 11.7. The normalized spacial score (nSPS) is 15.7. The summed E-state index contributed by atoms with van der Waals surface area (Å²) in [4.78, 5) is 30.1. The number of nitro benzene ring substituents is 1. The summed E-state index contributed by atoms with van der Waals surface area (Å²) in [6.45, 7) is 8.99. The molecule has 0 saturated carbocycles. The number of methoxy groups -OCH3 is 1. The first-order chi connectivity index (χ1) is 16.4. The molecule has 9 heteroatoms. The summed E-state index contributed by atoms with van der Waals surface area (Å²) >= 11 is 1.36. The average molecular weight is 482 g/mol. The summed E-state index contributed by atoms with van der Waals surface area (Å²) < 4.78 is 11.6. The maximum Gasteiger partial charge on any atom is 0.269 e. The molecule has 8 nitrogen and oxygen atoms in total. The average Bonchev–Trinajstić information content (AvgIpc) is 3.12. The van der Waals surface area contributed by atoms with Crippen molar-refractivity contribution in [2.45, 2.75) is 26.9 Å². The molecule has 178 valence electrons. The van der Waals surface area contributed by atoms with Crippen molar-refractivity contribution in [2.24, 2.45) is 4.99 Å². The molecule has 0 radical (unpaired) electrons. The van der Waals surface area contributed by atoms with Crippen LogP contribution in [0.25, 0.3) is 6.08 Å². The van der Waals surface area contributed by atoms with Gasteiger partial charge in [0, 0.05) is 30.8 Å². The van der Waals surface area contributed by atoms with E-state index in [-0.39, 0.29) is 18.2 Å². The van der Waals surface area contributed by atoms with Gasteiger partial charge >= 0.3 is 0 Å². The Morgan fingerprint density at radius 3 is 2.71 bits per heavy atom. The number of ether oxygens (including phenoxy) is 2. The quantitative estimate of drug-likeness (QED) is 0.200. The van der Waals surface area contributed by atoms with Crippen LogP contribution in [0.15, 0.2) is 59.0 Å². The van der Waals surface area contributed by atoms with Gasteiger partial charge in [-0.25, -0.2) is 0 Å². The number of carbonyl (C=O) groups excluding carboxylic acids is 1. The van der Waals surface area contributed by atoms with Gasteiger partial charge in [0.05, 0.1) is 16.9 Å². The van der Waals surface area contributed by atoms with E-state index in [4.69, 9.17) is 9.47 Å². The summed E-state index contributed by atoms with van der Waals surface area (Å²) in [5, 5.41) is 11.8. The van der Waals surface area contributed by atoms with Crippen molar-refractivity contribution in [3.63, 3.8) is 0 Å². The summed E-state index contributed by atoms with van der Waals surface area (Å²) in [5.74, 6) is 0.960. The number of rotatable bonds is 10. The van der Waals surface area contributed by atoms with E-state index in [1.807, 2.05) is 26.0 Å². The van der Waals surface area contributed by atoms with Crippen molar-refractivity contribution in [1.29, 1.82) is 0 Å². The van der Waals surface area contributed by atoms with Crippen molar-refractivity contribution in [3.05, 3.63) is 80.8 Å². The van der Waals surface area contributed by atoms with Crippen LogP contribution in [0, 0.1) is 10.1 Å². The van der Waals surface area contributed by atoms with E-state index in [0.717, 1.165) is 11.1 Å². The van der Waals surface area contributed by atoms with Crippen LogP contribution in [0.1, 0.15) is 30.5 Å². The van der Waals surface area contributed by atoms with Crippen molar-refractivity contribution in [2.75, 3.05) is 20.2 Å². The third kappa shape index (κ3) is 5.66. The Kier molecular flexibility index (Phi) is 8.48. The van der Waals surface area contributed by atoms with Crippen LogP contribution in [0.5, 0.6) is 11.5 Å². The maximum atomic E-state index is 12.8. The molecule has 0 spiro atoms. The van der Waals surface area contributed by atoms with Crippen LogP contribution < -0.4 is 9.47 Å². The molecule has 0 unspecified atom stereocenters. The molecule has 1 saturated heterocycles. The minimum atomic E-state index is -0.436. The summed E-state index contributed by atoms with van der Waals surface area (Å²) in [6.07, 6.45) is 4.10. The highest BCUT2D eigenvalue weighted by atomic mass is 32.2. The Hall–Kier alpha value is -3.59. The predicted molar refractivity (Wildman–Crippen MR) is 135 cm³/mol. The van der Waals surface area contributed by atoms with Crippen molar-refractivity contribution < 1.29 is 19.2 Å². The number of nitro groups is 1.